The minimum absolute atomic E-state index is 0.213. The molecule has 0 spiro atoms. The first-order valence-electron chi connectivity index (χ1n) is 7.57. The number of hydrogen-bond acceptors (Lipinski definition) is 3. The Morgan fingerprint density at radius 2 is 1.82 bits per heavy atom. The van der Waals surface area contributed by atoms with Gasteiger partial charge < -0.3 is 15.2 Å². The lowest BCUT2D eigenvalue weighted by Gasteiger charge is -2.33. The Bertz CT molecular complexity index is 624. The summed E-state index contributed by atoms with van der Waals surface area (Å²) in [6, 6.07) is 14.4. The van der Waals surface area contributed by atoms with Gasteiger partial charge in [0.25, 0.3) is 0 Å². The summed E-state index contributed by atoms with van der Waals surface area (Å²) in [4.78, 5) is 0. The van der Waals surface area contributed by atoms with Gasteiger partial charge in [0.15, 0.2) is 11.6 Å². The molecule has 0 saturated carbocycles. The van der Waals surface area contributed by atoms with Crippen LogP contribution in [0.2, 0.25) is 0 Å². The second-order valence-electron chi connectivity index (χ2n) is 5.70. The fraction of sp³-hybridized carbons (Fsp3) is 0.333. The van der Waals surface area contributed by atoms with E-state index in [1.54, 1.807) is 12.1 Å². The van der Waals surface area contributed by atoms with Gasteiger partial charge in [-0.2, -0.15) is 0 Å². The Kier molecular flexibility index (Phi) is 4.41. The van der Waals surface area contributed by atoms with E-state index in [0.717, 1.165) is 18.7 Å². The number of hydrogen-bond donors (Lipinski definition) is 2. The Balaban J connectivity index is 1.72. The standard InChI is InChI=1S/C18H20FNO2/c19-16-12-15(18(21)8-10-20-11-9-18)6-7-17(16)22-13-14-4-2-1-3-5-14/h1-7,12,20-21H,8-11,13H2. The number of halogens is 1. The Morgan fingerprint density at radius 1 is 1.09 bits per heavy atom. The molecular weight excluding hydrogens is 281 g/mol. The maximum Gasteiger partial charge on any atom is 0.165 e. The summed E-state index contributed by atoms with van der Waals surface area (Å²) in [7, 11) is 0. The molecule has 0 amide bonds. The fourth-order valence-corrected chi connectivity index (χ4v) is 2.77. The van der Waals surface area contributed by atoms with Crippen LogP contribution >= 0.6 is 0 Å². The summed E-state index contributed by atoms with van der Waals surface area (Å²) in [5.41, 5.74) is 0.672. The van der Waals surface area contributed by atoms with E-state index in [1.807, 2.05) is 30.3 Å². The molecule has 4 heteroatoms. The molecule has 1 aliphatic rings. The van der Waals surface area contributed by atoms with Crippen LogP contribution in [0.1, 0.15) is 24.0 Å². The molecule has 0 aliphatic carbocycles. The van der Waals surface area contributed by atoms with Gasteiger partial charge in [-0.05, 0) is 49.2 Å². The van der Waals surface area contributed by atoms with Gasteiger partial charge in [-0.15, -0.1) is 0 Å². The number of nitrogens with one attached hydrogen (secondary N) is 1. The van der Waals surface area contributed by atoms with Crippen LogP contribution in [0.5, 0.6) is 5.75 Å². The van der Waals surface area contributed by atoms with Gasteiger partial charge in [0.05, 0.1) is 5.60 Å². The predicted molar refractivity (Wildman–Crippen MR) is 83.2 cm³/mol. The van der Waals surface area contributed by atoms with E-state index >= 15 is 0 Å². The summed E-state index contributed by atoms with van der Waals surface area (Å²) in [5, 5.41) is 13.8. The summed E-state index contributed by atoms with van der Waals surface area (Å²) < 4.78 is 19.8. The first-order chi connectivity index (χ1) is 10.7. The summed E-state index contributed by atoms with van der Waals surface area (Å²) >= 11 is 0. The zero-order valence-corrected chi connectivity index (χ0v) is 12.4. The normalized spacial score (nSPS) is 17.2. The molecule has 2 aromatic rings. The van der Waals surface area contributed by atoms with E-state index < -0.39 is 11.4 Å². The van der Waals surface area contributed by atoms with Crippen LogP contribution < -0.4 is 10.1 Å². The van der Waals surface area contributed by atoms with Crippen molar-refractivity contribution >= 4 is 0 Å². The van der Waals surface area contributed by atoms with Gasteiger partial charge in [-0.1, -0.05) is 36.4 Å². The smallest absolute Gasteiger partial charge is 0.165 e. The lowest BCUT2D eigenvalue weighted by atomic mass is 9.85. The third-order valence-electron chi connectivity index (χ3n) is 4.14. The molecule has 0 atom stereocenters. The van der Waals surface area contributed by atoms with Gasteiger partial charge in [0, 0.05) is 0 Å². The van der Waals surface area contributed by atoms with Gasteiger partial charge >= 0.3 is 0 Å². The highest BCUT2D eigenvalue weighted by Crippen LogP contribution is 2.32. The average molecular weight is 301 g/mol. The van der Waals surface area contributed by atoms with Crippen LogP contribution in [0.15, 0.2) is 48.5 Å². The van der Waals surface area contributed by atoms with Crippen molar-refractivity contribution in [1.82, 2.24) is 5.32 Å². The van der Waals surface area contributed by atoms with E-state index in [2.05, 4.69) is 5.32 Å². The highest BCUT2D eigenvalue weighted by Gasteiger charge is 2.31. The molecule has 0 unspecified atom stereocenters. The van der Waals surface area contributed by atoms with E-state index in [0.29, 0.717) is 25.0 Å². The minimum atomic E-state index is -0.940. The first-order valence-corrected chi connectivity index (χ1v) is 7.57. The molecular formula is C18H20FNO2. The first kappa shape index (κ1) is 15.0. The van der Waals surface area contributed by atoms with E-state index in [4.69, 9.17) is 4.74 Å². The molecule has 0 bridgehead atoms. The number of benzene rings is 2. The van der Waals surface area contributed by atoms with E-state index in [1.165, 1.54) is 6.07 Å². The van der Waals surface area contributed by atoms with Gasteiger partial charge in [-0.3, -0.25) is 0 Å². The topological polar surface area (TPSA) is 41.5 Å². The third-order valence-corrected chi connectivity index (χ3v) is 4.14. The molecule has 1 saturated heterocycles. The molecule has 0 radical (unpaired) electrons. The number of aliphatic hydroxyl groups is 1. The molecule has 0 aromatic heterocycles. The van der Waals surface area contributed by atoms with Crippen LogP contribution in [0.25, 0.3) is 0 Å². The van der Waals surface area contributed by atoms with Crippen molar-refractivity contribution in [2.24, 2.45) is 0 Å². The number of piperidine rings is 1. The highest BCUT2D eigenvalue weighted by molar-refractivity contribution is 5.33. The monoisotopic (exact) mass is 301 g/mol. The highest BCUT2D eigenvalue weighted by atomic mass is 19.1. The molecule has 22 heavy (non-hydrogen) atoms. The Hall–Kier alpha value is -1.91. The third kappa shape index (κ3) is 3.29. The van der Waals surface area contributed by atoms with Crippen molar-refractivity contribution in [2.45, 2.75) is 25.0 Å². The zero-order valence-electron chi connectivity index (χ0n) is 12.4. The predicted octanol–water partition coefficient (Wildman–Crippen LogP) is 2.98. The molecule has 1 aliphatic heterocycles. The van der Waals surface area contributed by atoms with Crippen LogP contribution in [-0.4, -0.2) is 18.2 Å². The summed E-state index contributed by atoms with van der Waals surface area (Å²) in [6.07, 6.45) is 1.19. The van der Waals surface area contributed by atoms with Gasteiger partial charge in [-0.25, -0.2) is 4.39 Å². The maximum absolute atomic E-state index is 14.2. The van der Waals surface area contributed by atoms with Crippen molar-refractivity contribution in [3.63, 3.8) is 0 Å². The molecule has 3 rings (SSSR count). The molecule has 1 heterocycles. The summed E-state index contributed by atoms with van der Waals surface area (Å²) in [6.45, 7) is 1.81. The number of rotatable bonds is 4. The lowest BCUT2D eigenvalue weighted by molar-refractivity contribution is 0.00560. The van der Waals surface area contributed by atoms with Crippen molar-refractivity contribution < 1.29 is 14.2 Å². The minimum Gasteiger partial charge on any atom is -0.486 e. The quantitative estimate of drug-likeness (QED) is 0.912. The fourth-order valence-electron chi connectivity index (χ4n) is 2.77. The number of ether oxygens (including phenoxy) is 1. The summed E-state index contributed by atoms with van der Waals surface area (Å²) in [5.74, 6) is -0.217. The van der Waals surface area contributed by atoms with E-state index in [-0.39, 0.29) is 5.75 Å². The van der Waals surface area contributed by atoms with E-state index in [9.17, 15) is 9.50 Å². The second kappa shape index (κ2) is 6.46. The maximum atomic E-state index is 14.2. The Morgan fingerprint density at radius 3 is 2.50 bits per heavy atom. The molecule has 2 aromatic carbocycles. The van der Waals surface area contributed by atoms with Crippen LogP contribution in [0.4, 0.5) is 4.39 Å². The second-order valence-corrected chi connectivity index (χ2v) is 5.70. The molecule has 2 N–H and O–H groups in total. The molecule has 116 valence electrons. The van der Waals surface area contributed by atoms with Crippen molar-refractivity contribution in [3.8, 4) is 5.75 Å². The van der Waals surface area contributed by atoms with Crippen LogP contribution in [-0.2, 0) is 12.2 Å². The molecule has 3 nitrogen and oxygen atoms in total. The zero-order chi connectivity index (χ0) is 15.4. The van der Waals surface area contributed by atoms with Gasteiger partial charge in [0.1, 0.15) is 6.61 Å². The lowest BCUT2D eigenvalue weighted by Crippen LogP contribution is -2.39. The van der Waals surface area contributed by atoms with Gasteiger partial charge in [0.2, 0.25) is 0 Å². The Labute approximate surface area is 129 Å². The van der Waals surface area contributed by atoms with Crippen LogP contribution in [0, 0.1) is 5.82 Å². The van der Waals surface area contributed by atoms with Crippen LogP contribution in [0.3, 0.4) is 0 Å². The average Bonchev–Trinajstić information content (AvgIpc) is 2.55. The van der Waals surface area contributed by atoms with Crippen molar-refractivity contribution in [2.75, 3.05) is 13.1 Å². The SMILES string of the molecule is OC1(c2ccc(OCc3ccccc3)c(F)c2)CCNCC1. The van der Waals surface area contributed by atoms with Crippen molar-refractivity contribution in [1.29, 1.82) is 0 Å². The van der Waals surface area contributed by atoms with Crippen molar-refractivity contribution in [3.05, 3.63) is 65.5 Å². The molecule has 1 fully saturated rings. The largest absolute Gasteiger partial charge is 0.486 e.